The molecule has 1 aliphatic heterocycles. The summed E-state index contributed by atoms with van der Waals surface area (Å²) in [6.07, 6.45) is 2.69. The molecule has 0 unspecified atom stereocenters. The van der Waals surface area contributed by atoms with Crippen LogP contribution in [-0.4, -0.2) is 59.5 Å². The maximum atomic E-state index is 12.2. The number of rotatable bonds is 4. The Hall–Kier alpha value is -1.36. The van der Waals surface area contributed by atoms with Crippen LogP contribution in [0.1, 0.15) is 26.7 Å². The van der Waals surface area contributed by atoms with E-state index in [4.69, 9.17) is 5.11 Å². The highest BCUT2D eigenvalue weighted by molar-refractivity contribution is 6.01. The molecule has 0 spiro atoms. The third kappa shape index (κ3) is 3.56. The van der Waals surface area contributed by atoms with Crippen LogP contribution in [-0.2, 0) is 9.59 Å². The molecule has 2 aliphatic rings. The van der Waals surface area contributed by atoms with Gasteiger partial charge in [-0.25, -0.2) is 4.79 Å². The SMILES string of the molecule is CC(C(=O)O)=C(C)C(=O)N1CCN(CC2CC2)CC1. The lowest BCUT2D eigenvalue weighted by atomic mass is 10.1. The second-order valence-electron chi connectivity index (χ2n) is 5.59. The van der Waals surface area contributed by atoms with Crippen molar-refractivity contribution in [3.8, 4) is 0 Å². The summed E-state index contributed by atoms with van der Waals surface area (Å²) in [6.45, 7) is 7.46. The number of carboxylic acids is 1. The van der Waals surface area contributed by atoms with Crippen LogP contribution in [0.25, 0.3) is 0 Å². The van der Waals surface area contributed by atoms with Crippen molar-refractivity contribution in [3.05, 3.63) is 11.1 Å². The van der Waals surface area contributed by atoms with Gasteiger partial charge in [0.1, 0.15) is 0 Å². The first-order valence-corrected chi connectivity index (χ1v) is 6.91. The lowest BCUT2D eigenvalue weighted by Gasteiger charge is -2.35. The standard InChI is InChI=1S/C14H22N2O3/c1-10(11(2)14(18)19)13(17)16-7-5-15(6-8-16)9-12-3-4-12/h12H,3-9H2,1-2H3,(H,18,19). The van der Waals surface area contributed by atoms with Gasteiger partial charge in [0.15, 0.2) is 0 Å². The van der Waals surface area contributed by atoms with E-state index in [1.807, 2.05) is 0 Å². The molecule has 1 saturated heterocycles. The van der Waals surface area contributed by atoms with Gasteiger partial charge in [-0.15, -0.1) is 0 Å². The molecule has 0 aromatic heterocycles. The zero-order valence-corrected chi connectivity index (χ0v) is 11.7. The number of carbonyl (C=O) groups is 2. The first-order valence-electron chi connectivity index (χ1n) is 6.91. The van der Waals surface area contributed by atoms with Crippen LogP contribution in [0.15, 0.2) is 11.1 Å². The molecule has 0 bridgehead atoms. The third-order valence-corrected chi connectivity index (χ3v) is 4.08. The number of carboxylic acid groups (broad SMARTS) is 1. The molecule has 1 saturated carbocycles. The van der Waals surface area contributed by atoms with E-state index in [1.165, 1.54) is 19.8 Å². The van der Waals surface area contributed by atoms with Gasteiger partial charge in [-0.1, -0.05) is 0 Å². The number of piperazine rings is 1. The number of carbonyl (C=O) groups excluding carboxylic acids is 1. The van der Waals surface area contributed by atoms with Gasteiger partial charge in [0.2, 0.25) is 5.91 Å². The minimum Gasteiger partial charge on any atom is -0.478 e. The van der Waals surface area contributed by atoms with E-state index in [9.17, 15) is 9.59 Å². The van der Waals surface area contributed by atoms with E-state index >= 15 is 0 Å². The lowest BCUT2D eigenvalue weighted by Crippen LogP contribution is -2.49. The Bertz CT molecular complexity index is 405. The minimum absolute atomic E-state index is 0.133. The third-order valence-electron chi connectivity index (χ3n) is 4.08. The van der Waals surface area contributed by atoms with Gasteiger partial charge in [-0.2, -0.15) is 0 Å². The number of amides is 1. The second-order valence-corrected chi connectivity index (χ2v) is 5.59. The summed E-state index contributed by atoms with van der Waals surface area (Å²) in [4.78, 5) is 27.2. The van der Waals surface area contributed by atoms with Gasteiger partial charge < -0.3 is 10.0 Å². The molecule has 1 amide bonds. The summed E-state index contributed by atoms with van der Waals surface area (Å²) < 4.78 is 0. The molecule has 0 aromatic carbocycles. The molecule has 5 heteroatoms. The molecule has 0 radical (unpaired) electrons. The van der Waals surface area contributed by atoms with E-state index in [0.717, 1.165) is 25.6 Å². The Kier molecular flexibility index (Phi) is 4.24. The average Bonchev–Trinajstić information content (AvgIpc) is 3.21. The molecule has 5 nitrogen and oxygen atoms in total. The first-order chi connectivity index (χ1) is 8.99. The summed E-state index contributed by atoms with van der Waals surface area (Å²) in [5, 5.41) is 8.91. The number of hydrogen-bond acceptors (Lipinski definition) is 3. The van der Waals surface area contributed by atoms with Gasteiger partial charge in [0, 0.05) is 43.9 Å². The van der Waals surface area contributed by atoms with Gasteiger partial charge in [-0.3, -0.25) is 9.69 Å². The van der Waals surface area contributed by atoms with E-state index in [0.29, 0.717) is 18.7 Å². The van der Waals surface area contributed by atoms with E-state index in [2.05, 4.69) is 4.90 Å². The van der Waals surface area contributed by atoms with Crippen LogP contribution < -0.4 is 0 Å². The maximum absolute atomic E-state index is 12.2. The van der Waals surface area contributed by atoms with Crippen molar-refractivity contribution in [3.63, 3.8) is 0 Å². The lowest BCUT2D eigenvalue weighted by molar-refractivity contribution is -0.134. The smallest absolute Gasteiger partial charge is 0.331 e. The quantitative estimate of drug-likeness (QED) is 0.770. The van der Waals surface area contributed by atoms with Crippen molar-refractivity contribution in [1.29, 1.82) is 0 Å². The molecule has 1 N–H and O–H groups in total. The van der Waals surface area contributed by atoms with Gasteiger partial charge in [-0.05, 0) is 32.6 Å². The molecule has 0 atom stereocenters. The van der Waals surface area contributed by atoms with Gasteiger partial charge in [0.25, 0.3) is 0 Å². The molecular formula is C14H22N2O3. The Morgan fingerprint density at radius 2 is 1.63 bits per heavy atom. The summed E-state index contributed by atoms with van der Waals surface area (Å²) in [7, 11) is 0. The second kappa shape index (κ2) is 5.74. The first kappa shape index (κ1) is 14.1. The fourth-order valence-electron chi connectivity index (χ4n) is 2.36. The van der Waals surface area contributed by atoms with Crippen molar-refractivity contribution in [2.45, 2.75) is 26.7 Å². The monoisotopic (exact) mass is 266 g/mol. The Labute approximate surface area is 113 Å². The van der Waals surface area contributed by atoms with Crippen molar-refractivity contribution in [2.75, 3.05) is 32.7 Å². The molecular weight excluding hydrogens is 244 g/mol. The summed E-state index contributed by atoms with van der Waals surface area (Å²) in [6, 6.07) is 0. The Morgan fingerprint density at radius 1 is 1.05 bits per heavy atom. The summed E-state index contributed by atoms with van der Waals surface area (Å²) in [5.74, 6) is -0.276. The predicted octanol–water partition coefficient (Wildman–Crippen LogP) is 0.962. The van der Waals surface area contributed by atoms with Crippen LogP contribution in [0.3, 0.4) is 0 Å². The summed E-state index contributed by atoms with van der Waals surface area (Å²) in [5.41, 5.74) is 0.494. The van der Waals surface area contributed by atoms with Crippen LogP contribution >= 0.6 is 0 Å². The van der Waals surface area contributed by atoms with Crippen molar-refractivity contribution in [1.82, 2.24) is 9.80 Å². The fraction of sp³-hybridized carbons (Fsp3) is 0.714. The minimum atomic E-state index is -1.02. The largest absolute Gasteiger partial charge is 0.478 e. The van der Waals surface area contributed by atoms with E-state index in [1.54, 1.807) is 11.8 Å². The van der Waals surface area contributed by atoms with Gasteiger partial charge >= 0.3 is 5.97 Å². The normalized spacial score (nSPS) is 22.1. The topological polar surface area (TPSA) is 60.9 Å². The zero-order chi connectivity index (χ0) is 14.0. The molecule has 1 aliphatic carbocycles. The predicted molar refractivity (Wildman–Crippen MR) is 71.8 cm³/mol. The van der Waals surface area contributed by atoms with E-state index in [-0.39, 0.29) is 11.5 Å². The van der Waals surface area contributed by atoms with E-state index < -0.39 is 5.97 Å². The highest BCUT2D eigenvalue weighted by Crippen LogP contribution is 2.29. The average molecular weight is 266 g/mol. The Balaban J connectivity index is 1.87. The van der Waals surface area contributed by atoms with Crippen LogP contribution in [0.5, 0.6) is 0 Å². The van der Waals surface area contributed by atoms with Crippen molar-refractivity contribution >= 4 is 11.9 Å². The van der Waals surface area contributed by atoms with Gasteiger partial charge in [0.05, 0.1) is 0 Å². The number of hydrogen-bond donors (Lipinski definition) is 1. The molecule has 0 aromatic rings. The molecule has 106 valence electrons. The molecule has 2 fully saturated rings. The molecule has 2 rings (SSSR count). The fourth-order valence-corrected chi connectivity index (χ4v) is 2.36. The summed E-state index contributed by atoms with van der Waals surface area (Å²) >= 11 is 0. The number of aliphatic carboxylic acids is 1. The highest BCUT2D eigenvalue weighted by atomic mass is 16.4. The number of nitrogens with zero attached hydrogens (tertiary/aromatic N) is 2. The maximum Gasteiger partial charge on any atom is 0.331 e. The van der Waals surface area contributed by atoms with Crippen LogP contribution in [0, 0.1) is 5.92 Å². The molecule has 19 heavy (non-hydrogen) atoms. The Morgan fingerprint density at radius 3 is 2.11 bits per heavy atom. The van der Waals surface area contributed by atoms with Crippen molar-refractivity contribution < 1.29 is 14.7 Å². The van der Waals surface area contributed by atoms with Crippen molar-refractivity contribution in [2.24, 2.45) is 5.92 Å². The van der Waals surface area contributed by atoms with Crippen LogP contribution in [0.4, 0.5) is 0 Å². The zero-order valence-electron chi connectivity index (χ0n) is 11.7. The highest BCUT2D eigenvalue weighted by Gasteiger charge is 2.28. The molecule has 1 heterocycles. The van der Waals surface area contributed by atoms with Crippen LogP contribution in [0.2, 0.25) is 0 Å².